The Labute approximate surface area is 175 Å². The lowest BCUT2D eigenvalue weighted by Gasteiger charge is -2.36. The monoisotopic (exact) mass is 406 g/mol. The third-order valence-electron chi connectivity index (χ3n) is 6.21. The van der Waals surface area contributed by atoms with Crippen molar-refractivity contribution in [1.82, 2.24) is 24.4 Å². The second kappa shape index (κ2) is 8.02. The summed E-state index contributed by atoms with van der Waals surface area (Å²) in [6, 6.07) is 8.26. The van der Waals surface area contributed by atoms with Gasteiger partial charge in [0.1, 0.15) is 12.4 Å². The molecule has 1 aliphatic carbocycles. The number of hydrogen-bond acceptors (Lipinski definition) is 7. The van der Waals surface area contributed by atoms with Crippen LogP contribution in [0.5, 0.6) is 5.88 Å². The van der Waals surface area contributed by atoms with Crippen LogP contribution in [0.15, 0.2) is 41.6 Å². The molecule has 2 aliphatic rings. The summed E-state index contributed by atoms with van der Waals surface area (Å²) in [6.45, 7) is 4.48. The second-order valence-corrected chi connectivity index (χ2v) is 8.09. The first kappa shape index (κ1) is 19.0. The van der Waals surface area contributed by atoms with Crippen LogP contribution in [0.1, 0.15) is 25.0 Å². The molecule has 0 atom stereocenters. The molecule has 1 saturated heterocycles. The number of hydrogen-bond donors (Lipinski definition) is 0. The van der Waals surface area contributed by atoms with Gasteiger partial charge in [-0.2, -0.15) is 0 Å². The quantitative estimate of drug-likeness (QED) is 0.641. The van der Waals surface area contributed by atoms with Gasteiger partial charge in [0, 0.05) is 57.3 Å². The predicted molar refractivity (Wildman–Crippen MR) is 115 cm³/mol. The van der Waals surface area contributed by atoms with E-state index in [-0.39, 0.29) is 5.69 Å². The smallest absolute Gasteiger partial charge is 0.347 e. The number of rotatable bonds is 5. The van der Waals surface area contributed by atoms with Gasteiger partial charge in [0.15, 0.2) is 0 Å². The van der Waals surface area contributed by atoms with E-state index in [1.165, 1.54) is 12.1 Å². The molecule has 156 valence electrons. The van der Waals surface area contributed by atoms with Crippen LogP contribution in [0.2, 0.25) is 0 Å². The number of aromatic nitrogens is 4. The number of fused-ring (bicyclic) bond motifs is 1. The normalized spacial score (nSPS) is 17.8. The van der Waals surface area contributed by atoms with E-state index in [1.54, 1.807) is 24.1 Å². The first-order chi connectivity index (χ1) is 14.7. The summed E-state index contributed by atoms with van der Waals surface area (Å²) in [5, 5.41) is 0.983. The van der Waals surface area contributed by atoms with E-state index in [0.717, 1.165) is 62.2 Å². The fourth-order valence-electron chi connectivity index (χ4n) is 4.02. The van der Waals surface area contributed by atoms with Gasteiger partial charge in [-0.05, 0) is 43.5 Å². The summed E-state index contributed by atoms with van der Waals surface area (Å²) in [5.74, 6) is 0.698. The summed E-state index contributed by atoms with van der Waals surface area (Å²) in [4.78, 5) is 29.1. The van der Waals surface area contributed by atoms with E-state index in [9.17, 15) is 4.79 Å². The molecule has 3 heterocycles. The maximum atomic E-state index is 11.7. The van der Waals surface area contributed by atoms with Gasteiger partial charge >= 0.3 is 5.69 Å². The zero-order valence-electron chi connectivity index (χ0n) is 17.2. The summed E-state index contributed by atoms with van der Waals surface area (Å²) < 4.78 is 7.72. The molecule has 2 aromatic heterocycles. The van der Waals surface area contributed by atoms with Gasteiger partial charge in [-0.3, -0.25) is 9.47 Å². The molecule has 0 unspecified atom stereocenters. The molecule has 2 fully saturated rings. The lowest BCUT2D eigenvalue weighted by Crippen LogP contribution is -2.46. The van der Waals surface area contributed by atoms with Crippen molar-refractivity contribution in [2.24, 2.45) is 7.05 Å². The molecular weight excluding hydrogens is 380 g/mol. The van der Waals surface area contributed by atoms with Crippen LogP contribution >= 0.6 is 0 Å². The fourth-order valence-corrected chi connectivity index (χ4v) is 4.02. The lowest BCUT2D eigenvalue weighted by molar-refractivity contribution is 0.116. The Bertz CT molecular complexity index is 1100. The second-order valence-electron chi connectivity index (χ2n) is 8.09. The van der Waals surface area contributed by atoms with Crippen molar-refractivity contribution in [2.75, 3.05) is 31.1 Å². The molecular formula is C22H26N6O2. The van der Waals surface area contributed by atoms with E-state index in [1.807, 2.05) is 6.07 Å². The van der Waals surface area contributed by atoms with Crippen molar-refractivity contribution < 1.29 is 4.74 Å². The van der Waals surface area contributed by atoms with Gasteiger partial charge < -0.3 is 9.64 Å². The molecule has 3 aromatic rings. The van der Waals surface area contributed by atoms with Crippen molar-refractivity contribution in [1.29, 1.82) is 0 Å². The Morgan fingerprint density at radius 2 is 1.90 bits per heavy atom. The zero-order valence-corrected chi connectivity index (χ0v) is 17.2. The number of piperazine rings is 1. The van der Waals surface area contributed by atoms with Gasteiger partial charge in [0.25, 0.3) is 0 Å². The van der Waals surface area contributed by atoms with Crippen molar-refractivity contribution in [3.05, 3.63) is 53.0 Å². The Balaban J connectivity index is 1.29. The van der Waals surface area contributed by atoms with Crippen LogP contribution in [-0.2, 0) is 13.6 Å². The molecule has 0 amide bonds. The van der Waals surface area contributed by atoms with Crippen LogP contribution in [0.25, 0.3) is 10.9 Å². The third-order valence-corrected chi connectivity index (χ3v) is 6.21. The van der Waals surface area contributed by atoms with Crippen LogP contribution in [0.3, 0.4) is 0 Å². The van der Waals surface area contributed by atoms with E-state index in [4.69, 9.17) is 4.74 Å². The highest BCUT2D eigenvalue weighted by Crippen LogP contribution is 2.31. The highest BCUT2D eigenvalue weighted by Gasteiger charge is 2.22. The van der Waals surface area contributed by atoms with Crippen LogP contribution in [0.4, 0.5) is 5.69 Å². The molecule has 5 rings (SSSR count). The average molecular weight is 406 g/mol. The molecule has 8 nitrogen and oxygen atoms in total. The molecule has 1 aliphatic heterocycles. The van der Waals surface area contributed by atoms with Crippen LogP contribution < -0.4 is 15.3 Å². The molecule has 8 heteroatoms. The molecule has 1 aromatic carbocycles. The summed E-state index contributed by atoms with van der Waals surface area (Å²) in [7, 11) is 1.78. The standard InChI is InChI=1S/C22H26N6O2/c1-26-17(7-8-23-22(26)29)14-27-9-11-28(12-10-27)16-5-6-20-19(13-16)21(25-15-24-20)30-18-3-2-4-18/h5-8,13,15,18H,2-4,9-12,14H2,1H3. The Hall–Kier alpha value is -3.00. The minimum atomic E-state index is -0.204. The van der Waals surface area contributed by atoms with Crippen molar-refractivity contribution in [3.8, 4) is 5.88 Å². The molecule has 0 N–H and O–H groups in total. The maximum absolute atomic E-state index is 11.7. The van der Waals surface area contributed by atoms with Gasteiger partial charge in [-0.15, -0.1) is 0 Å². The summed E-state index contributed by atoms with van der Waals surface area (Å²) in [6.07, 6.45) is 6.91. The third kappa shape index (κ3) is 3.75. The molecule has 0 radical (unpaired) electrons. The minimum Gasteiger partial charge on any atom is -0.474 e. The minimum absolute atomic E-state index is 0.204. The van der Waals surface area contributed by atoms with Crippen molar-refractivity contribution in [2.45, 2.75) is 31.9 Å². The molecule has 0 bridgehead atoms. The Kier molecular flexibility index (Phi) is 5.08. The van der Waals surface area contributed by atoms with Crippen molar-refractivity contribution in [3.63, 3.8) is 0 Å². The van der Waals surface area contributed by atoms with Gasteiger partial charge in [-0.25, -0.2) is 19.7 Å². The molecule has 0 spiro atoms. The van der Waals surface area contributed by atoms with Crippen LogP contribution in [-0.4, -0.2) is 56.7 Å². The fraction of sp³-hybridized carbons (Fsp3) is 0.455. The Morgan fingerprint density at radius 1 is 1.07 bits per heavy atom. The first-order valence-electron chi connectivity index (χ1n) is 10.6. The van der Waals surface area contributed by atoms with E-state index < -0.39 is 0 Å². The topological polar surface area (TPSA) is 76.4 Å². The highest BCUT2D eigenvalue weighted by molar-refractivity contribution is 5.86. The lowest BCUT2D eigenvalue weighted by atomic mass is 9.96. The van der Waals surface area contributed by atoms with Crippen LogP contribution in [0, 0.1) is 0 Å². The van der Waals surface area contributed by atoms with Crippen molar-refractivity contribution >= 4 is 16.6 Å². The summed E-state index contributed by atoms with van der Waals surface area (Å²) in [5.41, 5.74) is 2.88. The Morgan fingerprint density at radius 3 is 2.67 bits per heavy atom. The zero-order chi connectivity index (χ0) is 20.5. The number of anilines is 1. The maximum Gasteiger partial charge on any atom is 0.347 e. The predicted octanol–water partition coefficient (Wildman–Crippen LogP) is 1.98. The number of ether oxygens (including phenoxy) is 1. The summed E-state index contributed by atoms with van der Waals surface area (Å²) >= 11 is 0. The molecule has 30 heavy (non-hydrogen) atoms. The van der Waals surface area contributed by atoms with E-state index in [0.29, 0.717) is 12.0 Å². The molecule has 1 saturated carbocycles. The average Bonchev–Trinajstić information content (AvgIpc) is 2.74. The van der Waals surface area contributed by atoms with Gasteiger partial charge in [0.05, 0.1) is 10.9 Å². The van der Waals surface area contributed by atoms with E-state index >= 15 is 0 Å². The number of nitrogens with zero attached hydrogens (tertiary/aromatic N) is 6. The van der Waals surface area contributed by atoms with Gasteiger partial charge in [0.2, 0.25) is 5.88 Å². The number of benzene rings is 1. The first-order valence-corrected chi connectivity index (χ1v) is 10.6. The van der Waals surface area contributed by atoms with E-state index in [2.05, 4.69) is 43.0 Å². The highest BCUT2D eigenvalue weighted by atomic mass is 16.5. The van der Waals surface area contributed by atoms with Gasteiger partial charge in [-0.1, -0.05) is 0 Å². The SMILES string of the molecule is Cn1c(CN2CCN(c3ccc4ncnc(OC5CCC5)c4c3)CC2)ccnc1=O. The largest absolute Gasteiger partial charge is 0.474 e.